The van der Waals surface area contributed by atoms with Gasteiger partial charge < -0.3 is 10.5 Å². The van der Waals surface area contributed by atoms with E-state index in [9.17, 15) is 9.50 Å². The molecule has 2 aromatic rings. The van der Waals surface area contributed by atoms with Gasteiger partial charge >= 0.3 is 0 Å². The first kappa shape index (κ1) is 9.58. The molecule has 0 aliphatic carbocycles. The molecule has 0 saturated heterocycles. The van der Waals surface area contributed by atoms with E-state index in [1.807, 2.05) is 24.5 Å². The summed E-state index contributed by atoms with van der Waals surface area (Å²) in [4.78, 5) is 0. The van der Waals surface area contributed by atoms with E-state index in [4.69, 9.17) is 0 Å². The first-order valence-corrected chi connectivity index (χ1v) is 4.60. The number of phenols is 1. The molecular weight excluding hydrogens is 195 g/mol. The number of hydrogen-bond acceptors (Lipinski definition) is 2. The fourth-order valence-corrected chi connectivity index (χ4v) is 1.32. The third kappa shape index (κ3) is 2.10. The van der Waals surface area contributed by atoms with E-state index in [0.29, 0.717) is 12.1 Å². The fraction of sp³-hybridized carbons (Fsp3) is 0.0909. The Kier molecular flexibility index (Phi) is 2.58. The van der Waals surface area contributed by atoms with Crippen LogP contribution >= 0.6 is 0 Å². The van der Waals surface area contributed by atoms with Gasteiger partial charge in [-0.05, 0) is 18.2 Å². The van der Waals surface area contributed by atoms with Crippen LogP contribution in [0.1, 0.15) is 5.56 Å². The van der Waals surface area contributed by atoms with Crippen LogP contribution in [0, 0.1) is 5.82 Å². The Balaban J connectivity index is 2.08. The Labute approximate surface area is 86.8 Å². The monoisotopic (exact) mass is 206 g/mol. The third-order valence-corrected chi connectivity index (χ3v) is 2.13. The molecule has 0 unspecified atom stereocenters. The first-order valence-electron chi connectivity index (χ1n) is 4.60. The van der Waals surface area contributed by atoms with Crippen LogP contribution < -0.4 is 5.43 Å². The van der Waals surface area contributed by atoms with Crippen molar-refractivity contribution in [2.75, 3.05) is 5.43 Å². The van der Waals surface area contributed by atoms with E-state index in [-0.39, 0.29) is 5.75 Å². The van der Waals surface area contributed by atoms with E-state index in [1.54, 1.807) is 16.8 Å². The first-order chi connectivity index (χ1) is 7.27. The highest BCUT2D eigenvalue weighted by atomic mass is 19.1. The average molecular weight is 206 g/mol. The molecule has 15 heavy (non-hydrogen) atoms. The summed E-state index contributed by atoms with van der Waals surface area (Å²) < 4.78 is 14.7. The van der Waals surface area contributed by atoms with E-state index in [2.05, 4.69) is 5.43 Å². The van der Waals surface area contributed by atoms with Crippen LogP contribution in [-0.2, 0) is 6.54 Å². The van der Waals surface area contributed by atoms with Crippen molar-refractivity contribution in [2.45, 2.75) is 6.54 Å². The van der Waals surface area contributed by atoms with Crippen molar-refractivity contribution < 1.29 is 9.50 Å². The molecule has 0 fully saturated rings. The number of aromatic nitrogens is 1. The average Bonchev–Trinajstić information content (AvgIpc) is 2.73. The van der Waals surface area contributed by atoms with Crippen molar-refractivity contribution in [3.05, 3.63) is 54.1 Å². The molecule has 2 N–H and O–H groups in total. The van der Waals surface area contributed by atoms with Crippen LogP contribution in [0.3, 0.4) is 0 Å². The zero-order valence-corrected chi connectivity index (χ0v) is 8.02. The highest BCUT2D eigenvalue weighted by molar-refractivity contribution is 5.34. The molecule has 0 spiro atoms. The Morgan fingerprint density at radius 1 is 1.20 bits per heavy atom. The number of aromatic hydroxyl groups is 1. The van der Waals surface area contributed by atoms with E-state index in [0.717, 1.165) is 0 Å². The molecule has 1 heterocycles. The van der Waals surface area contributed by atoms with Crippen LogP contribution in [-0.4, -0.2) is 9.78 Å². The summed E-state index contributed by atoms with van der Waals surface area (Å²) in [7, 11) is 0. The lowest BCUT2D eigenvalue weighted by atomic mass is 10.2. The van der Waals surface area contributed by atoms with Crippen molar-refractivity contribution >= 4 is 0 Å². The standard InChI is InChI=1S/C11H11FN2O/c12-10-5-3-4-9(11(10)15)8-13-14-6-1-2-7-14/h1-7,13,15H,8H2. The molecule has 2 rings (SSSR count). The molecular formula is C11H11FN2O. The van der Waals surface area contributed by atoms with Gasteiger partial charge in [-0.1, -0.05) is 12.1 Å². The molecule has 1 aromatic carbocycles. The van der Waals surface area contributed by atoms with E-state index >= 15 is 0 Å². The van der Waals surface area contributed by atoms with Crippen molar-refractivity contribution in [3.8, 4) is 5.75 Å². The second kappa shape index (κ2) is 4.04. The lowest BCUT2D eigenvalue weighted by Gasteiger charge is -2.09. The molecule has 78 valence electrons. The molecule has 0 atom stereocenters. The summed E-state index contributed by atoms with van der Waals surface area (Å²) >= 11 is 0. The molecule has 3 nitrogen and oxygen atoms in total. The second-order valence-corrected chi connectivity index (χ2v) is 3.17. The Bertz CT molecular complexity index is 440. The van der Waals surface area contributed by atoms with Crippen molar-refractivity contribution in [1.82, 2.24) is 4.68 Å². The highest BCUT2D eigenvalue weighted by Crippen LogP contribution is 2.20. The summed E-state index contributed by atoms with van der Waals surface area (Å²) in [6, 6.07) is 8.22. The van der Waals surface area contributed by atoms with Gasteiger partial charge in [0.05, 0.1) is 6.54 Å². The van der Waals surface area contributed by atoms with E-state index in [1.165, 1.54) is 6.07 Å². The topological polar surface area (TPSA) is 37.2 Å². The zero-order valence-electron chi connectivity index (χ0n) is 8.02. The molecule has 0 amide bonds. The van der Waals surface area contributed by atoms with E-state index < -0.39 is 5.82 Å². The van der Waals surface area contributed by atoms with Crippen LogP contribution in [0.2, 0.25) is 0 Å². The Hall–Kier alpha value is -1.97. The number of hydrogen-bond donors (Lipinski definition) is 2. The van der Waals surface area contributed by atoms with Crippen molar-refractivity contribution in [3.63, 3.8) is 0 Å². The number of nitrogens with one attached hydrogen (secondary N) is 1. The highest BCUT2D eigenvalue weighted by Gasteiger charge is 2.05. The second-order valence-electron chi connectivity index (χ2n) is 3.17. The van der Waals surface area contributed by atoms with Crippen molar-refractivity contribution in [2.24, 2.45) is 0 Å². The maximum absolute atomic E-state index is 13.0. The minimum atomic E-state index is -0.596. The lowest BCUT2D eigenvalue weighted by molar-refractivity contribution is 0.426. The van der Waals surface area contributed by atoms with Gasteiger partial charge in [-0.25, -0.2) is 4.39 Å². The number of nitrogens with zero attached hydrogens (tertiary/aromatic N) is 1. The summed E-state index contributed by atoms with van der Waals surface area (Å²) in [6.07, 6.45) is 3.66. The fourth-order valence-electron chi connectivity index (χ4n) is 1.32. The molecule has 0 aliphatic rings. The minimum absolute atomic E-state index is 0.294. The number of phenolic OH excluding ortho intramolecular Hbond substituents is 1. The largest absolute Gasteiger partial charge is 0.505 e. The van der Waals surface area contributed by atoms with Crippen LogP contribution in [0.4, 0.5) is 4.39 Å². The van der Waals surface area contributed by atoms with Gasteiger partial charge in [0.25, 0.3) is 0 Å². The number of benzene rings is 1. The minimum Gasteiger partial charge on any atom is -0.505 e. The van der Waals surface area contributed by atoms with Gasteiger partial charge in [-0.2, -0.15) is 0 Å². The molecule has 4 heteroatoms. The Morgan fingerprint density at radius 2 is 1.93 bits per heavy atom. The molecule has 0 aliphatic heterocycles. The SMILES string of the molecule is Oc1c(F)cccc1CNn1cccc1. The predicted molar refractivity (Wildman–Crippen MR) is 55.6 cm³/mol. The van der Waals surface area contributed by atoms with Crippen LogP contribution in [0.15, 0.2) is 42.7 Å². The maximum Gasteiger partial charge on any atom is 0.165 e. The van der Waals surface area contributed by atoms with Gasteiger partial charge in [0, 0.05) is 18.0 Å². The normalized spacial score (nSPS) is 10.2. The third-order valence-electron chi connectivity index (χ3n) is 2.13. The predicted octanol–water partition coefficient (Wildman–Crippen LogP) is 2.08. The van der Waals surface area contributed by atoms with Gasteiger partial charge in [0.15, 0.2) is 11.6 Å². The van der Waals surface area contributed by atoms with Crippen LogP contribution in [0.25, 0.3) is 0 Å². The maximum atomic E-state index is 13.0. The number of para-hydroxylation sites is 1. The van der Waals surface area contributed by atoms with Gasteiger partial charge in [0.2, 0.25) is 0 Å². The van der Waals surface area contributed by atoms with Crippen molar-refractivity contribution in [1.29, 1.82) is 0 Å². The van der Waals surface area contributed by atoms with Crippen LogP contribution in [0.5, 0.6) is 5.75 Å². The summed E-state index contributed by atoms with van der Waals surface area (Å²) in [5.41, 5.74) is 3.53. The molecule has 0 bridgehead atoms. The van der Waals surface area contributed by atoms with Gasteiger partial charge in [-0.3, -0.25) is 4.68 Å². The Morgan fingerprint density at radius 3 is 2.67 bits per heavy atom. The molecule has 1 aromatic heterocycles. The molecule has 0 saturated carbocycles. The number of halogens is 1. The lowest BCUT2D eigenvalue weighted by Crippen LogP contribution is -2.12. The summed E-state index contributed by atoms with van der Waals surface area (Å²) in [5.74, 6) is -0.890. The molecule has 0 radical (unpaired) electrons. The summed E-state index contributed by atoms with van der Waals surface area (Å²) in [6.45, 7) is 0.373. The quantitative estimate of drug-likeness (QED) is 0.806. The van der Waals surface area contributed by atoms with Gasteiger partial charge in [-0.15, -0.1) is 0 Å². The number of rotatable bonds is 3. The zero-order chi connectivity index (χ0) is 10.7. The van der Waals surface area contributed by atoms with Gasteiger partial charge in [0.1, 0.15) is 0 Å². The summed E-state index contributed by atoms with van der Waals surface area (Å²) in [5, 5.41) is 9.40. The smallest absolute Gasteiger partial charge is 0.165 e.